The van der Waals surface area contributed by atoms with Gasteiger partial charge in [0.05, 0.1) is 18.3 Å². The molecule has 0 saturated heterocycles. The minimum atomic E-state index is -0.698. The van der Waals surface area contributed by atoms with E-state index in [0.29, 0.717) is 6.42 Å². The van der Waals surface area contributed by atoms with Gasteiger partial charge in [0.15, 0.2) is 0 Å². The van der Waals surface area contributed by atoms with Crippen LogP contribution in [0.15, 0.2) is 0 Å². The van der Waals surface area contributed by atoms with E-state index in [1.807, 2.05) is 0 Å². The summed E-state index contributed by atoms with van der Waals surface area (Å²) >= 11 is 0. The number of aliphatic hydroxyl groups is 3. The van der Waals surface area contributed by atoms with Crippen molar-refractivity contribution in [3.05, 3.63) is 0 Å². The van der Waals surface area contributed by atoms with E-state index in [1.165, 1.54) is 0 Å². The lowest BCUT2D eigenvalue weighted by Crippen LogP contribution is -2.51. The van der Waals surface area contributed by atoms with Crippen LogP contribution in [0.25, 0.3) is 0 Å². The summed E-state index contributed by atoms with van der Waals surface area (Å²) in [6.07, 6.45) is 1.82. The average molecular weight is 172 g/mol. The minimum absolute atomic E-state index is 0.0764. The first-order chi connectivity index (χ1) is 5.70. The molecule has 3 N–H and O–H groups in total. The van der Waals surface area contributed by atoms with Crippen LogP contribution in [0.1, 0.15) is 25.7 Å². The largest absolute Gasteiger partial charge is 0.392 e. The Kier molecular flexibility index (Phi) is 2.10. The quantitative estimate of drug-likeness (QED) is 0.478. The molecule has 2 saturated carbocycles. The summed E-state index contributed by atoms with van der Waals surface area (Å²) in [5.41, 5.74) is 0. The molecule has 0 heterocycles. The molecule has 2 fully saturated rings. The predicted octanol–water partition coefficient (Wildman–Crippen LogP) is -0.111. The summed E-state index contributed by atoms with van der Waals surface area (Å²) in [5, 5.41) is 28.7. The molecule has 2 aliphatic carbocycles. The molecule has 2 rings (SSSR count). The lowest BCUT2D eigenvalue weighted by atomic mass is 9.67. The molecule has 70 valence electrons. The highest BCUT2D eigenvalue weighted by atomic mass is 16.3. The second-order valence-corrected chi connectivity index (χ2v) is 4.14. The van der Waals surface area contributed by atoms with E-state index in [9.17, 15) is 15.3 Å². The van der Waals surface area contributed by atoms with E-state index < -0.39 is 12.2 Å². The van der Waals surface area contributed by atoms with E-state index in [4.69, 9.17) is 0 Å². The Morgan fingerprint density at radius 3 is 2.42 bits per heavy atom. The highest BCUT2D eigenvalue weighted by Crippen LogP contribution is 2.40. The molecule has 0 amide bonds. The van der Waals surface area contributed by atoms with Crippen molar-refractivity contribution in [2.75, 3.05) is 0 Å². The van der Waals surface area contributed by atoms with Crippen LogP contribution in [0, 0.1) is 11.8 Å². The molecule has 2 aliphatic rings. The van der Waals surface area contributed by atoms with Crippen molar-refractivity contribution < 1.29 is 15.3 Å². The van der Waals surface area contributed by atoms with E-state index in [2.05, 4.69) is 0 Å². The van der Waals surface area contributed by atoms with Gasteiger partial charge in [-0.05, 0) is 25.2 Å². The molecule has 3 nitrogen and oxygen atoms in total. The maximum absolute atomic E-state index is 9.71. The van der Waals surface area contributed by atoms with Gasteiger partial charge >= 0.3 is 0 Å². The van der Waals surface area contributed by atoms with Crippen LogP contribution in [0.3, 0.4) is 0 Å². The fourth-order valence-corrected chi connectivity index (χ4v) is 2.67. The van der Waals surface area contributed by atoms with Gasteiger partial charge < -0.3 is 15.3 Å². The molecule has 0 aromatic carbocycles. The van der Waals surface area contributed by atoms with Gasteiger partial charge in [0.25, 0.3) is 0 Å². The van der Waals surface area contributed by atoms with E-state index >= 15 is 0 Å². The van der Waals surface area contributed by atoms with Crippen molar-refractivity contribution in [2.24, 2.45) is 11.8 Å². The molecule has 5 unspecified atom stereocenters. The van der Waals surface area contributed by atoms with E-state index in [-0.39, 0.29) is 17.9 Å². The second-order valence-electron chi connectivity index (χ2n) is 4.14. The smallest absolute Gasteiger partial charge is 0.0852 e. The SMILES string of the molecule is OC1CC2CCCC(C1O)C2O. The van der Waals surface area contributed by atoms with Gasteiger partial charge in [-0.25, -0.2) is 0 Å². The second kappa shape index (κ2) is 2.98. The molecular formula is C9H16O3. The average Bonchev–Trinajstić information content (AvgIpc) is 2.04. The van der Waals surface area contributed by atoms with Crippen molar-refractivity contribution in [3.8, 4) is 0 Å². The Balaban J connectivity index is 2.14. The summed E-state index contributed by atoms with van der Waals surface area (Å²) in [5.74, 6) is 0.148. The van der Waals surface area contributed by atoms with Crippen molar-refractivity contribution in [1.29, 1.82) is 0 Å². The number of aliphatic hydroxyl groups excluding tert-OH is 3. The zero-order valence-corrected chi connectivity index (χ0v) is 7.06. The van der Waals surface area contributed by atoms with Crippen molar-refractivity contribution >= 4 is 0 Å². The van der Waals surface area contributed by atoms with Crippen molar-refractivity contribution in [3.63, 3.8) is 0 Å². The lowest BCUT2D eigenvalue weighted by Gasteiger charge is -2.44. The van der Waals surface area contributed by atoms with Crippen molar-refractivity contribution in [1.82, 2.24) is 0 Å². The molecule has 0 aromatic rings. The third-order valence-corrected chi connectivity index (χ3v) is 3.41. The fraction of sp³-hybridized carbons (Fsp3) is 1.00. The van der Waals surface area contributed by atoms with Crippen LogP contribution in [0.5, 0.6) is 0 Å². The summed E-state index contributed by atoms with van der Waals surface area (Å²) in [7, 11) is 0. The number of hydrogen-bond acceptors (Lipinski definition) is 3. The first-order valence-corrected chi connectivity index (χ1v) is 4.74. The van der Waals surface area contributed by atoms with Crippen LogP contribution in [-0.4, -0.2) is 33.6 Å². The molecule has 0 radical (unpaired) electrons. The normalized spacial score (nSPS) is 53.8. The third-order valence-electron chi connectivity index (χ3n) is 3.41. The summed E-state index contributed by atoms with van der Waals surface area (Å²) in [6.45, 7) is 0. The Bertz CT molecular complexity index is 167. The summed E-state index contributed by atoms with van der Waals surface area (Å²) < 4.78 is 0. The number of rotatable bonds is 0. The van der Waals surface area contributed by atoms with Crippen LogP contribution in [0.2, 0.25) is 0 Å². The Morgan fingerprint density at radius 1 is 0.917 bits per heavy atom. The zero-order valence-electron chi connectivity index (χ0n) is 7.06. The monoisotopic (exact) mass is 172 g/mol. The molecule has 12 heavy (non-hydrogen) atoms. The molecule has 0 spiro atoms. The molecule has 0 aliphatic heterocycles. The Hall–Kier alpha value is -0.120. The predicted molar refractivity (Wildman–Crippen MR) is 43.5 cm³/mol. The maximum Gasteiger partial charge on any atom is 0.0852 e. The van der Waals surface area contributed by atoms with Gasteiger partial charge in [-0.2, -0.15) is 0 Å². The molecule has 0 aromatic heterocycles. The maximum atomic E-state index is 9.71. The highest BCUT2D eigenvalue weighted by molar-refractivity contribution is 4.95. The van der Waals surface area contributed by atoms with Gasteiger partial charge in [0, 0.05) is 5.92 Å². The standard InChI is InChI=1S/C9H16O3/c10-7-4-5-2-1-3-6(8(5)11)9(7)12/h5-12H,1-4H2. The topological polar surface area (TPSA) is 60.7 Å². The summed E-state index contributed by atoms with van der Waals surface area (Å²) in [4.78, 5) is 0. The number of fused-ring (bicyclic) bond motifs is 2. The zero-order chi connectivity index (χ0) is 8.72. The van der Waals surface area contributed by atoms with Crippen LogP contribution in [0.4, 0.5) is 0 Å². The molecule has 5 atom stereocenters. The Labute approximate surface area is 72.0 Å². The first-order valence-electron chi connectivity index (χ1n) is 4.74. The van der Waals surface area contributed by atoms with Gasteiger partial charge in [-0.1, -0.05) is 6.42 Å². The van der Waals surface area contributed by atoms with Crippen LogP contribution in [-0.2, 0) is 0 Å². The van der Waals surface area contributed by atoms with E-state index in [0.717, 1.165) is 19.3 Å². The van der Waals surface area contributed by atoms with Gasteiger partial charge in [0.1, 0.15) is 0 Å². The van der Waals surface area contributed by atoms with Crippen LogP contribution < -0.4 is 0 Å². The van der Waals surface area contributed by atoms with Crippen molar-refractivity contribution in [2.45, 2.75) is 44.0 Å². The summed E-state index contributed by atoms with van der Waals surface area (Å²) in [6, 6.07) is 0. The number of hydrogen-bond donors (Lipinski definition) is 3. The first kappa shape index (κ1) is 8.48. The van der Waals surface area contributed by atoms with Gasteiger partial charge in [-0.15, -0.1) is 0 Å². The van der Waals surface area contributed by atoms with E-state index in [1.54, 1.807) is 0 Å². The lowest BCUT2D eigenvalue weighted by molar-refractivity contribution is -0.138. The molecular weight excluding hydrogens is 156 g/mol. The minimum Gasteiger partial charge on any atom is -0.392 e. The molecule has 2 bridgehead atoms. The van der Waals surface area contributed by atoms with Gasteiger partial charge in [-0.3, -0.25) is 0 Å². The Morgan fingerprint density at radius 2 is 1.67 bits per heavy atom. The molecule has 3 heteroatoms. The van der Waals surface area contributed by atoms with Crippen LogP contribution >= 0.6 is 0 Å². The van der Waals surface area contributed by atoms with Gasteiger partial charge in [0.2, 0.25) is 0 Å². The third kappa shape index (κ3) is 1.16. The highest BCUT2D eigenvalue weighted by Gasteiger charge is 2.44. The fourth-order valence-electron chi connectivity index (χ4n) is 2.67.